The minimum absolute atomic E-state index is 0.0401. The van der Waals surface area contributed by atoms with Gasteiger partial charge in [-0.1, -0.05) is 48.5 Å². The normalized spacial score (nSPS) is 11.0. The average molecular weight is 523 g/mol. The van der Waals surface area contributed by atoms with Gasteiger partial charge in [0.1, 0.15) is 0 Å². The summed E-state index contributed by atoms with van der Waals surface area (Å²) in [5, 5.41) is 15.0. The molecule has 4 rings (SSSR count). The monoisotopic (exact) mass is 523 g/mol. The molecule has 0 atom stereocenters. The number of ether oxygens (including phenoxy) is 1. The molecule has 0 unspecified atom stereocenters. The lowest BCUT2D eigenvalue weighted by molar-refractivity contribution is 0.0956. The van der Waals surface area contributed by atoms with Crippen LogP contribution in [-0.4, -0.2) is 29.3 Å². The third-order valence-corrected chi connectivity index (χ3v) is 5.31. The molecule has 0 fully saturated rings. The largest absolute Gasteiger partial charge is 0.504 e. The van der Waals surface area contributed by atoms with E-state index in [4.69, 9.17) is 9.72 Å². The Kier molecular flexibility index (Phi) is 6.13. The van der Waals surface area contributed by atoms with Crippen molar-refractivity contribution in [1.29, 1.82) is 0 Å². The summed E-state index contributed by atoms with van der Waals surface area (Å²) in [5.74, 6) is -0.0712. The van der Waals surface area contributed by atoms with Gasteiger partial charge in [0.15, 0.2) is 11.5 Å². The first kappa shape index (κ1) is 20.8. The molecule has 0 spiro atoms. The first-order valence-corrected chi connectivity index (χ1v) is 10.5. The molecule has 0 bridgehead atoms. The zero-order chi connectivity index (χ0) is 21.8. The number of carbonyl (C=O) groups is 1. The summed E-state index contributed by atoms with van der Waals surface area (Å²) in [6.45, 7) is 0. The van der Waals surface area contributed by atoms with Crippen molar-refractivity contribution in [2.45, 2.75) is 0 Å². The molecule has 0 aliphatic carbocycles. The number of fused-ring (bicyclic) bond motifs is 1. The molecule has 0 aliphatic rings. The molecule has 1 aromatic heterocycles. The molecule has 154 valence electrons. The average Bonchev–Trinajstić information content (AvgIpc) is 2.80. The molecule has 2 N–H and O–H groups in total. The molecule has 31 heavy (non-hydrogen) atoms. The van der Waals surface area contributed by atoms with Crippen LogP contribution in [0.15, 0.2) is 77.9 Å². The SMILES string of the molecule is COc1cc(I)cc(/C=N\NC(=O)c2cc(-c3ccccc3)nc3ccccc23)c1O. The van der Waals surface area contributed by atoms with E-state index < -0.39 is 0 Å². The van der Waals surface area contributed by atoms with Crippen molar-refractivity contribution in [1.82, 2.24) is 10.4 Å². The maximum Gasteiger partial charge on any atom is 0.272 e. The van der Waals surface area contributed by atoms with E-state index in [9.17, 15) is 9.90 Å². The summed E-state index contributed by atoms with van der Waals surface area (Å²) in [5.41, 5.74) is 5.79. The van der Waals surface area contributed by atoms with Gasteiger partial charge in [-0.2, -0.15) is 5.10 Å². The summed E-state index contributed by atoms with van der Waals surface area (Å²) in [6, 6.07) is 22.4. The highest BCUT2D eigenvalue weighted by molar-refractivity contribution is 14.1. The standard InChI is InChI=1S/C24H18IN3O3/c1-31-22-12-17(25)11-16(23(22)29)14-26-28-24(30)19-13-21(15-7-3-2-4-8-15)27-20-10-6-5-9-18(19)20/h2-14,29H,1H3,(H,28,30)/b26-14-. The number of halogens is 1. The molecule has 6 nitrogen and oxygen atoms in total. The van der Waals surface area contributed by atoms with E-state index in [1.165, 1.54) is 13.3 Å². The van der Waals surface area contributed by atoms with Crippen molar-refractivity contribution >= 4 is 45.6 Å². The molecular weight excluding hydrogens is 505 g/mol. The number of pyridine rings is 1. The van der Waals surface area contributed by atoms with Crippen LogP contribution in [0.25, 0.3) is 22.2 Å². The van der Waals surface area contributed by atoms with Gasteiger partial charge in [-0.25, -0.2) is 10.4 Å². The van der Waals surface area contributed by atoms with Crippen LogP contribution in [0.1, 0.15) is 15.9 Å². The van der Waals surface area contributed by atoms with Gasteiger partial charge in [-0.3, -0.25) is 4.79 Å². The predicted octanol–water partition coefficient (Wildman–Crippen LogP) is 4.98. The van der Waals surface area contributed by atoms with E-state index >= 15 is 0 Å². The summed E-state index contributed by atoms with van der Waals surface area (Å²) < 4.78 is 6.02. The molecule has 0 aliphatic heterocycles. The molecule has 0 saturated heterocycles. The van der Waals surface area contributed by atoms with Crippen LogP contribution in [0.5, 0.6) is 11.5 Å². The van der Waals surface area contributed by atoms with Crippen LogP contribution in [0.2, 0.25) is 0 Å². The topological polar surface area (TPSA) is 83.8 Å². The fraction of sp³-hybridized carbons (Fsp3) is 0.0417. The Hall–Kier alpha value is -3.46. The zero-order valence-corrected chi connectivity index (χ0v) is 18.7. The van der Waals surface area contributed by atoms with Crippen LogP contribution in [-0.2, 0) is 0 Å². The molecule has 0 saturated carbocycles. The number of methoxy groups -OCH3 is 1. The molecule has 0 radical (unpaired) electrons. The van der Waals surface area contributed by atoms with Gasteiger partial charge >= 0.3 is 0 Å². The fourth-order valence-corrected chi connectivity index (χ4v) is 3.81. The number of phenolic OH excluding ortho intramolecular Hbond substituents is 1. The number of hydrazone groups is 1. The number of aromatic nitrogens is 1. The van der Waals surface area contributed by atoms with Crippen molar-refractivity contribution in [3.63, 3.8) is 0 Å². The van der Waals surface area contributed by atoms with Crippen LogP contribution in [0.3, 0.4) is 0 Å². The Labute approximate surface area is 192 Å². The number of rotatable bonds is 5. The maximum absolute atomic E-state index is 13.0. The summed E-state index contributed by atoms with van der Waals surface area (Å²) in [6.07, 6.45) is 1.39. The number of hydrogen-bond acceptors (Lipinski definition) is 5. The van der Waals surface area contributed by atoms with E-state index in [1.807, 2.05) is 54.6 Å². The second kappa shape index (κ2) is 9.13. The molecule has 7 heteroatoms. The van der Waals surface area contributed by atoms with Crippen LogP contribution in [0, 0.1) is 3.57 Å². The second-order valence-electron chi connectivity index (χ2n) is 6.68. The predicted molar refractivity (Wildman–Crippen MR) is 130 cm³/mol. The third kappa shape index (κ3) is 4.51. The highest BCUT2D eigenvalue weighted by Crippen LogP contribution is 2.31. The van der Waals surface area contributed by atoms with Crippen molar-refractivity contribution in [2.75, 3.05) is 7.11 Å². The van der Waals surface area contributed by atoms with Gasteiger partial charge < -0.3 is 9.84 Å². The Morgan fingerprint density at radius 1 is 1.10 bits per heavy atom. The first-order chi connectivity index (χ1) is 15.1. The van der Waals surface area contributed by atoms with Crippen LogP contribution in [0.4, 0.5) is 0 Å². The molecule has 1 amide bonds. The van der Waals surface area contributed by atoms with Gasteiger partial charge in [-0.05, 0) is 46.9 Å². The van der Waals surface area contributed by atoms with Gasteiger partial charge in [0, 0.05) is 20.1 Å². The number of carbonyl (C=O) groups excluding carboxylic acids is 1. The lowest BCUT2D eigenvalue weighted by Gasteiger charge is -2.09. The number of nitrogens with zero attached hydrogens (tertiary/aromatic N) is 2. The Morgan fingerprint density at radius 2 is 1.84 bits per heavy atom. The van der Waals surface area contributed by atoms with Crippen molar-refractivity contribution < 1.29 is 14.6 Å². The second-order valence-corrected chi connectivity index (χ2v) is 7.93. The maximum atomic E-state index is 13.0. The number of amides is 1. The highest BCUT2D eigenvalue weighted by Gasteiger charge is 2.14. The smallest absolute Gasteiger partial charge is 0.272 e. The minimum Gasteiger partial charge on any atom is -0.504 e. The van der Waals surface area contributed by atoms with E-state index in [2.05, 4.69) is 33.1 Å². The quantitative estimate of drug-likeness (QED) is 0.220. The van der Waals surface area contributed by atoms with Crippen LogP contribution < -0.4 is 10.2 Å². The van der Waals surface area contributed by atoms with E-state index in [0.29, 0.717) is 22.6 Å². The van der Waals surface area contributed by atoms with E-state index in [-0.39, 0.29) is 11.7 Å². The van der Waals surface area contributed by atoms with Crippen molar-refractivity contribution in [3.05, 3.63) is 87.5 Å². The molecule has 4 aromatic rings. The first-order valence-electron chi connectivity index (χ1n) is 9.42. The van der Waals surface area contributed by atoms with Gasteiger partial charge in [0.05, 0.1) is 30.1 Å². The minimum atomic E-state index is -0.371. The van der Waals surface area contributed by atoms with E-state index in [1.54, 1.807) is 18.2 Å². The molecule has 1 heterocycles. The van der Waals surface area contributed by atoms with Crippen molar-refractivity contribution in [2.24, 2.45) is 5.10 Å². The summed E-state index contributed by atoms with van der Waals surface area (Å²) in [7, 11) is 1.48. The number of nitrogens with one attached hydrogen (secondary N) is 1. The molecule has 3 aromatic carbocycles. The van der Waals surface area contributed by atoms with Crippen molar-refractivity contribution in [3.8, 4) is 22.8 Å². The molecular formula is C24H18IN3O3. The number of phenols is 1. The number of para-hydroxylation sites is 1. The Balaban J connectivity index is 1.67. The lowest BCUT2D eigenvalue weighted by atomic mass is 10.0. The fourth-order valence-electron chi connectivity index (χ4n) is 3.19. The number of benzene rings is 3. The Bertz CT molecular complexity index is 1290. The van der Waals surface area contributed by atoms with E-state index in [0.717, 1.165) is 20.0 Å². The van der Waals surface area contributed by atoms with Crippen LogP contribution >= 0.6 is 22.6 Å². The lowest BCUT2D eigenvalue weighted by Crippen LogP contribution is -2.18. The summed E-state index contributed by atoms with van der Waals surface area (Å²) >= 11 is 2.12. The zero-order valence-electron chi connectivity index (χ0n) is 16.5. The van der Waals surface area contributed by atoms with Gasteiger partial charge in [0.2, 0.25) is 0 Å². The highest BCUT2D eigenvalue weighted by atomic mass is 127. The number of hydrogen-bond donors (Lipinski definition) is 2. The third-order valence-electron chi connectivity index (χ3n) is 4.69. The van der Waals surface area contributed by atoms with Gasteiger partial charge in [0.25, 0.3) is 5.91 Å². The summed E-state index contributed by atoms with van der Waals surface area (Å²) in [4.78, 5) is 17.7. The number of aromatic hydroxyl groups is 1. The Morgan fingerprint density at radius 3 is 2.61 bits per heavy atom. The van der Waals surface area contributed by atoms with Gasteiger partial charge in [-0.15, -0.1) is 0 Å².